The van der Waals surface area contributed by atoms with Gasteiger partial charge in [0.25, 0.3) is 0 Å². The number of fused-ring (bicyclic) bond motifs is 1. The van der Waals surface area contributed by atoms with Crippen LogP contribution in [-0.2, 0) is 19.3 Å². The molecule has 0 amide bonds. The summed E-state index contributed by atoms with van der Waals surface area (Å²) in [4.78, 5) is 3.55. The maximum Gasteiger partial charge on any atom is 0.0491 e. The number of aliphatic hydroxyl groups is 1. The quantitative estimate of drug-likeness (QED) is 0.779. The molecule has 1 aromatic heterocycles. The third-order valence-electron chi connectivity index (χ3n) is 4.03. The van der Waals surface area contributed by atoms with Crippen molar-refractivity contribution in [2.24, 2.45) is 5.41 Å². The number of hydrogen-bond acceptors (Lipinski definition) is 1. The second kappa shape index (κ2) is 3.38. The third kappa shape index (κ3) is 1.71. The van der Waals surface area contributed by atoms with E-state index >= 15 is 0 Å². The van der Waals surface area contributed by atoms with Crippen LogP contribution in [0.25, 0.3) is 0 Å². The van der Waals surface area contributed by atoms with E-state index < -0.39 is 0 Å². The van der Waals surface area contributed by atoms with Crippen LogP contribution in [0.15, 0.2) is 6.07 Å². The summed E-state index contributed by atoms with van der Waals surface area (Å²) in [6.45, 7) is 0.358. The molecule has 2 nitrogen and oxygen atoms in total. The van der Waals surface area contributed by atoms with Gasteiger partial charge in [0.15, 0.2) is 0 Å². The summed E-state index contributed by atoms with van der Waals surface area (Å²) in [7, 11) is 0. The van der Waals surface area contributed by atoms with E-state index in [4.69, 9.17) is 0 Å². The van der Waals surface area contributed by atoms with Crippen molar-refractivity contribution in [1.82, 2.24) is 4.98 Å². The Hall–Kier alpha value is -0.760. The number of aliphatic hydroxyl groups excluding tert-OH is 1. The summed E-state index contributed by atoms with van der Waals surface area (Å²) in [5.41, 5.74) is 4.59. The molecular weight excluding hydrogens is 186 g/mol. The average Bonchev–Trinajstić information content (AvgIpc) is 2.91. The van der Waals surface area contributed by atoms with Crippen LogP contribution >= 0.6 is 0 Å². The molecule has 0 bridgehead atoms. The van der Waals surface area contributed by atoms with Gasteiger partial charge in [0, 0.05) is 18.0 Å². The van der Waals surface area contributed by atoms with Crippen LogP contribution in [0.3, 0.4) is 0 Å². The van der Waals surface area contributed by atoms with E-state index in [1.54, 1.807) is 0 Å². The summed E-state index contributed by atoms with van der Waals surface area (Å²) in [5.74, 6) is 0. The van der Waals surface area contributed by atoms with Crippen molar-refractivity contribution >= 4 is 0 Å². The topological polar surface area (TPSA) is 36.0 Å². The fraction of sp³-hybridized carbons (Fsp3) is 0.692. The average molecular weight is 205 g/mol. The van der Waals surface area contributed by atoms with E-state index in [-0.39, 0.29) is 5.41 Å². The van der Waals surface area contributed by atoms with Crippen molar-refractivity contribution < 1.29 is 5.11 Å². The molecular formula is C13H19NO. The standard InChI is InChI=1S/C13H19NO/c15-9-13(5-6-13)8-11-7-10-3-1-2-4-12(10)14-11/h7,14-15H,1-6,8-9H2. The van der Waals surface area contributed by atoms with Gasteiger partial charge in [0.05, 0.1) is 0 Å². The van der Waals surface area contributed by atoms with Crippen molar-refractivity contribution in [3.8, 4) is 0 Å². The number of rotatable bonds is 3. The highest BCUT2D eigenvalue weighted by atomic mass is 16.3. The summed E-state index contributed by atoms with van der Waals surface area (Å²) < 4.78 is 0. The second-order valence-corrected chi connectivity index (χ2v) is 5.34. The molecule has 0 atom stereocenters. The monoisotopic (exact) mass is 205 g/mol. The molecule has 3 rings (SSSR count). The molecule has 1 saturated carbocycles. The fourth-order valence-corrected chi connectivity index (χ4v) is 2.74. The van der Waals surface area contributed by atoms with Crippen molar-refractivity contribution in [2.75, 3.05) is 6.61 Å². The predicted molar refractivity (Wildman–Crippen MR) is 59.9 cm³/mol. The molecule has 0 aliphatic heterocycles. The molecule has 1 aromatic rings. The highest BCUT2D eigenvalue weighted by Crippen LogP contribution is 2.47. The highest BCUT2D eigenvalue weighted by Gasteiger charge is 2.42. The van der Waals surface area contributed by atoms with Gasteiger partial charge in [-0.05, 0) is 62.0 Å². The van der Waals surface area contributed by atoms with E-state index in [1.807, 2.05) is 0 Å². The van der Waals surface area contributed by atoms with Crippen molar-refractivity contribution in [3.63, 3.8) is 0 Å². The van der Waals surface area contributed by atoms with Crippen LogP contribution in [0.4, 0.5) is 0 Å². The van der Waals surface area contributed by atoms with Gasteiger partial charge in [-0.2, -0.15) is 0 Å². The lowest BCUT2D eigenvalue weighted by Gasteiger charge is -2.09. The minimum atomic E-state index is 0.243. The number of aromatic amines is 1. The van der Waals surface area contributed by atoms with Gasteiger partial charge in [0.2, 0.25) is 0 Å². The lowest BCUT2D eigenvalue weighted by molar-refractivity contribution is 0.210. The molecule has 0 spiro atoms. The first-order chi connectivity index (χ1) is 7.31. The molecule has 2 N–H and O–H groups in total. The zero-order chi connectivity index (χ0) is 10.3. The summed E-state index contributed by atoms with van der Waals surface area (Å²) >= 11 is 0. The van der Waals surface area contributed by atoms with Crippen LogP contribution < -0.4 is 0 Å². The minimum absolute atomic E-state index is 0.243. The van der Waals surface area contributed by atoms with Gasteiger partial charge in [-0.15, -0.1) is 0 Å². The molecule has 1 heterocycles. The zero-order valence-electron chi connectivity index (χ0n) is 9.18. The number of hydrogen-bond donors (Lipinski definition) is 2. The van der Waals surface area contributed by atoms with Gasteiger partial charge in [0.1, 0.15) is 0 Å². The highest BCUT2D eigenvalue weighted by molar-refractivity contribution is 5.29. The second-order valence-electron chi connectivity index (χ2n) is 5.34. The van der Waals surface area contributed by atoms with Gasteiger partial charge in [-0.3, -0.25) is 0 Å². The lowest BCUT2D eigenvalue weighted by Crippen LogP contribution is -2.10. The minimum Gasteiger partial charge on any atom is -0.396 e. The molecule has 0 unspecified atom stereocenters. The lowest BCUT2D eigenvalue weighted by atomic mass is 9.97. The van der Waals surface area contributed by atoms with Crippen LogP contribution in [0, 0.1) is 5.41 Å². The number of aromatic nitrogens is 1. The maximum absolute atomic E-state index is 9.31. The van der Waals surface area contributed by atoms with Gasteiger partial charge in [-0.25, -0.2) is 0 Å². The molecule has 15 heavy (non-hydrogen) atoms. The molecule has 2 aliphatic carbocycles. The van der Waals surface area contributed by atoms with Gasteiger partial charge >= 0.3 is 0 Å². The van der Waals surface area contributed by atoms with Crippen molar-refractivity contribution in [3.05, 3.63) is 23.0 Å². The SMILES string of the molecule is OCC1(Cc2cc3c([nH]2)CCCC3)CC1. The van der Waals surface area contributed by atoms with Crippen LogP contribution in [0.1, 0.15) is 42.6 Å². The van der Waals surface area contributed by atoms with Crippen LogP contribution in [0.2, 0.25) is 0 Å². The van der Waals surface area contributed by atoms with Gasteiger partial charge in [-0.1, -0.05) is 0 Å². The summed E-state index contributed by atoms with van der Waals surface area (Å²) in [6, 6.07) is 2.34. The molecule has 2 heteroatoms. The third-order valence-corrected chi connectivity index (χ3v) is 4.03. The van der Waals surface area contributed by atoms with Crippen LogP contribution in [-0.4, -0.2) is 16.7 Å². The Kier molecular flexibility index (Phi) is 2.13. The Morgan fingerprint density at radius 1 is 1.27 bits per heavy atom. The number of H-pyrrole nitrogens is 1. The Morgan fingerprint density at radius 2 is 2.07 bits per heavy atom. The largest absolute Gasteiger partial charge is 0.396 e. The smallest absolute Gasteiger partial charge is 0.0491 e. The van der Waals surface area contributed by atoms with Gasteiger partial charge < -0.3 is 10.1 Å². The van der Waals surface area contributed by atoms with Crippen LogP contribution in [0.5, 0.6) is 0 Å². The first-order valence-corrected chi connectivity index (χ1v) is 6.12. The van der Waals surface area contributed by atoms with Crippen molar-refractivity contribution in [2.45, 2.75) is 44.9 Å². The van der Waals surface area contributed by atoms with E-state index in [9.17, 15) is 5.11 Å². The first-order valence-electron chi connectivity index (χ1n) is 6.12. The molecule has 1 fully saturated rings. The summed E-state index contributed by atoms with van der Waals surface area (Å²) in [6.07, 6.45) is 8.60. The van der Waals surface area contributed by atoms with Crippen molar-refractivity contribution in [1.29, 1.82) is 0 Å². The Morgan fingerprint density at radius 3 is 2.73 bits per heavy atom. The van der Waals surface area contributed by atoms with E-state index in [0.717, 1.165) is 6.42 Å². The molecule has 0 aromatic carbocycles. The molecule has 2 aliphatic rings. The maximum atomic E-state index is 9.31. The predicted octanol–water partition coefficient (Wildman–Crippen LogP) is 2.21. The molecule has 0 saturated heterocycles. The number of nitrogens with one attached hydrogen (secondary N) is 1. The molecule has 0 radical (unpaired) electrons. The Labute approximate surface area is 90.7 Å². The van der Waals surface area contributed by atoms with E-state index in [1.165, 1.54) is 55.5 Å². The fourth-order valence-electron chi connectivity index (χ4n) is 2.74. The number of aryl methyl sites for hydroxylation is 2. The Bertz CT molecular complexity index is 339. The summed E-state index contributed by atoms with van der Waals surface area (Å²) in [5, 5.41) is 9.31. The van der Waals surface area contributed by atoms with E-state index in [2.05, 4.69) is 11.1 Å². The first kappa shape index (κ1) is 9.46. The Balaban J connectivity index is 1.78. The molecule has 82 valence electrons. The normalized spacial score (nSPS) is 22.5. The zero-order valence-corrected chi connectivity index (χ0v) is 9.18. The van der Waals surface area contributed by atoms with E-state index in [0.29, 0.717) is 6.61 Å².